The zero-order chi connectivity index (χ0) is 12.8. The maximum absolute atomic E-state index is 4.74. The Bertz CT molecular complexity index is 523. The number of hydrogen-bond donors (Lipinski definition) is 0. The molecule has 0 unspecified atom stereocenters. The molecular formula is C15H16N2O. The molecule has 0 radical (unpaired) electrons. The van der Waals surface area contributed by atoms with Crippen LogP contribution in [0.1, 0.15) is 5.56 Å². The van der Waals surface area contributed by atoms with E-state index in [2.05, 4.69) is 28.3 Å². The van der Waals surface area contributed by atoms with Crippen LogP contribution in [0.15, 0.2) is 59.8 Å². The molecule has 18 heavy (non-hydrogen) atoms. The Hall–Kier alpha value is -2.29. The van der Waals surface area contributed by atoms with E-state index >= 15 is 0 Å². The van der Waals surface area contributed by atoms with Gasteiger partial charge in [0, 0.05) is 24.0 Å². The van der Waals surface area contributed by atoms with Gasteiger partial charge >= 0.3 is 0 Å². The average Bonchev–Trinajstić information content (AvgIpc) is 2.45. The van der Waals surface area contributed by atoms with E-state index in [4.69, 9.17) is 4.84 Å². The van der Waals surface area contributed by atoms with Crippen LogP contribution in [-0.2, 0) is 4.84 Å². The molecule has 0 saturated heterocycles. The van der Waals surface area contributed by atoms with Gasteiger partial charge in [-0.3, -0.25) is 0 Å². The van der Waals surface area contributed by atoms with Crippen molar-refractivity contribution in [1.82, 2.24) is 0 Å². The van der Waals surface area contributed by atoms with Crippen molar-refractivity contribution in [3.05, 3.63) is 60.2 Å². The third kappa shape index (κ3) is 2.69. The van der Waals surface area contributed by atoms with Gasteiger partial charge in [0.1, 0.15) is 7.11 Å². The molecule has 2 rings (SSSR count). The Morgan fingerprint density at radius 3 is 2.39 bits per heavy atom. The minimum absolute atomic E-state index is 1.02. The van der Waals surface area contributed by atoms with E-state index in [0.29, 0.717) is 0 Å². The number of benzene rings is 2. The molecule has 0 bridgehead atoms. The van der Waals surface area contributed by atoms with Gasteiger partial charge in [0.25, 0.3) is 0 Å². The molecule has 0 heterocycles. The summed E-state index contributed by atoms with van der Waals surface area (Å²) in [6.45, 7) is 0. The second-order valence-electron chi connectivity index (χ2n) is 3.87. The minimum atomic E-state index is 1.02. The van der Waals surface area contributed by atoms with Crippen molar-refractivity contribution >= 4 is 17.6 Å². The fourth-order valence-corrected chi connectivity index (χ4v) is 1.80. The lowest BCUT2D eigenvalue weighted by atomic mass is 10.1. The maximum Gasteiger partial charge on any atom is 0.106 e. The molecule has 2 aromatic carbocycles. The second-order valence-corrected chi connectivity index (χ2v) is 3.87. The molecule has 0 atom stereocenters. The number of anilines is 2. The molecule has 92 valence electrons. The van der Waals surface area contributed by atoms with Crippen molar-refractivity contribution in [2.24, 2.45) is 5.16 Å². The summed E-state index contributed by atoms with van der Waals surface area (Å²) in [5.41, 5.74) is 3.24. The zero-order valence-electron chi connectivity index (χ0n) is 10.6. The first-order valence-electron chi connectivity index (χ1n) is 5.77. The molecule has 0 saturated carbocycles. The van der Waals surface area contributed by atoms with E-state index in [9.17, 15) is 0 Å². The lowest BCUT2D eigenvalue weighted by Crippen LogP contribution is -2.11. The molecule has 0 aliphatic rings. The van der Waals surface area contributed by atoms with Gasteiger partial charge in [-0.1, -0.05) is 41.6 Å². The largest absolute Gasteiger partial charge is 0.399 e. The first kappa shape index (κ1) is 12.2. The van der Waals surface area contributed by atoms with Crippen LogP contribution in [0.2, 0.25) is 0 Å². The highest BCUT2D eigenvalue weighted by molar-refractivity contribution is 5.89. The van der Waals surface area contributed by atoms with Gasteiger partial charge in [0.2, 0.25) is 0 Å². The van der Waals surface area contributed by atoms with Gasteiger partial charge in [0.05, 0.1) is 6.21 Å². The average molecular weight is 240 g/mol. The van der Waals surface area contributed by atoms with Crippen molar-refractivity contribution in [2.45, 2.75) is 0 Å². The van der Waals surface area contributed by atoms with E-state index in [1.807, 2.05) is 43.4 Å². The smallest absolute Gasteiger partial charge is 0.106 e. The number of oxime groups is 1. The molecule has 0 N–H and O–H groups in total. The molecule has 0 amide bonds. The van der Waals surface area contributed by atoms with E-state index < -0.39 is 0 Å². The van der Waals surface area contributed by atoms with Crippen LogP contribution in [0.5, 0.6) is 0 Å². The van der Waals surface area contributed by atoms with Gasteiger partial charge in [0.15, 0.2) is 0 Å². The summed E-state index contributed by atoms with van der Waals surface area (Å²) in [5, 5.41) is 3.83. The Morgan fingerprint density at radius 2 is 1.67 bits per heavy atom. The molecule has 0 aromatic heterocycles. The molecule has 3 nitrogen and oxygen atoms in total. The zero-order valence-corrected chi connectivity index (χ0v) is 10.6. The second kappa shape index (κ2) is 5.87. The first-order valence-corrected chi connectivity index (χ1v) is 5.77. The summed E-state index contributed by atoms with van der Waals surface area (Å²) in [6, 6.07) is 18.3. The van der Waals surface area contributed by atoms with E-state index in [1.165, 1.54) is 0 Å². The van der Waals surface area contributed by atoms with E-state index in [1.54, 1.807) is 13.3 Å². The summed E-state index contributed by atoms with van der Waals surface area (Å²) in [5.74, 6) is 0. The molecule has 0 aliphatic carbocycles. The number of nitrogens with zero attached hydrogens (tertiary/aromatic N) is 2. The van der Waals surface area contributed by atoms with Crippen molar-refractivity contribution in [2.75, 3.05) is 19.1 Å². The molecule has 0 spiro atoms. The standard InChI is InChI=1S/C15H16N2O/c1-17(14-9-4-3-5-10-14)15-11-7-6-8-13(15)12-16-18-2/h3-12H,1-2H3/b16-12+. The SMILES string of the molecule is CO/N=C/c1ccccc1N(C)c1ccccc1. The Labute approximate surface area is 107 Å². The van der Waals surface area contributed by atoms with Crippen molar-refractivity contribution < 1.29 is 4.84 Å². The summed E-state index contributed by atoms with van der Waals surface area (Å²) >= 11 is 0. The van der Waals surface area contributed by atoms with E-state index in [-0.39, 0.29) is 0 Å². The Morgan fingerprint density at radius 1 is 1.00 bits per heavy atom. The molecule has 0 aliphatic heterocycles. The van der Waals surface area contributed by atoms with Crippen molar-refractivity contribution in [3.63, 3.8) is 0 Å². The van der Waals surface area contributed by atoms with Gasteiger partial charge in [-0.2, -0.15) is 0 Å². The first-order chi connectivity index (χ1) is 8.83. The molecule has 0 fully saturated rings. The minimum Gasteiger partial charge on any atom is -0.399 e. The molecule has 3 heteroatoms. The van der Waals surface area contributed by atoms with Crippen LogP contribution in [0.3, 0.4) is 0 Å². The summed E-state index contributed by atoms with van der Waals surface area (Å²) in [4.78, 5) is 6.86. The van der Waals surface area contributed by atoms with Crippen LogP contribution >= 0.6 is 0 Å². The highest BCUT2D eigenvalue weighted by Gasteiger charge is 2.06. The quantitative estimate of drug-likeness (QED) is 0.604. The third-order valence-corrected chi connectivity index (χ3v) is 2.74. The maximum atomic E-state index is 4.74. The Kier molecular flexibility index (Phi) is 3.97. The highest BCUT2D eigenvalue weighted by atomic mass is 16.6. The van der Waals surface area contributed by atoms with Gasteiger partial charge < -0.3 is 9.74 Å². The third-order valence-electron chi connectivity index (χ3n) is 2.74. The van der Waals surface area contributed by atoms with Gasteiger partial charge in [-0.15, -0.1) is 0 Å². The predicted molar refractivity (Wildman–Crippen MR) is 75.6 cm³/mol. The predicted octanol–water partition coefficient (Wildman–Crippen LogP) is 3.43. The van der Waals surface area contributed by atoms with Gasteiger partial charge in [-0.05, 0) is 18.2 Å². The monoisotopic (exact) mass is 240 g/mol. The summed E-state index contributed by atoms with van der Waals surface area (Å²) < 4.78 is 0. The van der Waals surface area contributed by atoms with Crippen LogP contribution in [-0.4, -0.2) is 20.4 Å². The summed E-state index contributed by atoms with van der Waals surface area (Å²) in [6.07, 6.45) is 1.72. The Balaban J connectivity index is 2.36. The highest BCUT2D eigenvalue weighted by Crippen LogP contribution is 2.25. The number of para-hydroxylation sites is 2. The lowest BCUT2D eigenvalue weighted by Gasteiger charge is -2.21. The van der Waals surface area contributed by atoms with E-state index in [0.717, 1.165) is 16.9 Å². The van der Waals surface area contributed by atoms with Crippen LogP contribution in [0.25, 0.3) is 0 Å². The summed E-state index contributed by atoms with van der Waals surface area (Å²) in [7, 11) is 3.58. The van der Waals surface area contributed by atoms with Crippen LogP contribution in [0.4, 0.5) is 11.4 Å². The normalized spacial score (nSPS) is 10.6. The van der Waals surface area contributed by atoms with Crippen LogP contribution < -0.4 is 4.90 Å². The number of hydrogen-bond acceptors (Lipinski definition) is 3. The number of rotatable bonds is 4. The fraction of sp³-hybridized carbons (Fsp3) is 0.133. The van der Waals surface area contributed by atoms with Crippen molar-refractivity contribution in [1.29, 1.82) is 0 Å². The van der Waals surface area contributed by atoms with Gasteiger partial charge in [-0.25, -0.2) is 0 Å². The molecular weight excluding hydrogens is 224 g/mol. The van der Waals surface area contributed by atoms with Crippen molar-refractivity contribution in [3.8, 4) is 0 Å². The van der Waals surface area contributed by atoms with Crippen LogP contribution in [0, 0.1) is 0 Å². The fourth-order valence-electron chi connectivity index (χ4n) is 1.80. The molecule has 2 aromatic rings. The topological polar surface area (TPSA) is 24.8 Å². The lowest BCUT2D eigenvalue weighted by molar-refractivity contribution is 0.215.